The molecule has 5 heteroatoms. The van der Waals surface area contributed by atoms with Gasteiger partial charge in [0.15, 0.2) is 5.82 Å². The molecule has 0 saturated carbocycles. The zero-order chi connectivity index (χ0) is 15.1. The zero-order valence-electron chi connectivity index (χ0n) is 13.0. The quantitative estimate of drug-likeness (QED) is 0.942. The molecule has 0 aromatic carbocycles. The predicted molar refractivity (Wildman–Crippen MR) is 82.6 cm³/mol. The Labute approximate surface area is 125 Å². The first kappa shape index (κ1) is 14.1. The van der Waals surface area contributed by atoms with Crippen molar-refractivity contribution in [2.45, 2.75) is 51.4 Å². The fraction of sp³-hybridized carbons (Fsp3) is 0.500. The minimum atomic E-state index is -0.190. The molecule has 1 aliphatic rings. The van der Waals surface area contributed by atoms with Crippen LogP contribution in [0.1, 0.15) is 34.1 Å². The van der Waals surface area contributed by atoms with Crippen molar-refractivity contribution in [3.8, 4) is 5.82 Å². The molecule has 0 spiro atoms. The average Bonchev–Trinajstić information content (AvgIpc) is 2.97. The molecule has 0 radical (unpaired) electrons. The van der Waals surface area contributed by atoms with Gasteiger partial charge in [0.05, 0.1) is 29.1 Å². The molecule has 0 amide bonds. The summed E-state index contributed by atoms with van der Waals surface area (Å²) in [6, 6.07) is 6.15. The average molecular weight is 286 g/mol. The lowest BCUT2D eigenvalue weighted by Crippen LogP contribution is -2.38. The molecule has 1 aliphatic heterocycles. The molecule has 112 valence electrons. The Balaban J connectivity index is 1.74. The maximum absolute atomic E-state index is 6.11. The summed E-state index contributed by atoms with van der Waals surface area (Å²) in [4.78, 5) is 4.44. The first-order valence-corrected chi connectivity index (χ1v) is 7.29. The number of ether oxygens (including phenoxy) is 1. The lowest BCUT2D eigenvalue weighted by molar-refractivity contribution is -0.0662. The Morgan fingerprint density at radius 2 is 2.10 bits per heavy atom. The minimum absolute atomic E-state index is 0.0937. The van der Waals surface area contributed by atoms with Gasteiger partial charge in [-0.3, -0.25) is 0 Å². The van der Waals surface area contributed by atoms with E-state index in [-0.39, 0.29) is 17.2 Å². The molecule has 3 rings (SSSR count). The van der Waals surface area contributed by atoms with Crippen LogP contribution in [0.4, 0.5) is 5.69 Å². The summed E-state index contributed by atoms with van der Waals surface area (Å²) in [6.07, 6.45) is 6.44. The van der Waals surface area contributed by atoms with Gasteiger partial charge in [-0.2, -0.15) is 5.10 Å². The summed E-state index contributed by atoms with van der Waals surface area (Å²) in [5, 5.41) is 7.72. The highest BCUT2D eigenvalue weighted by molar-refractivity contribution is 5.45. The van der Waals surface area contributed by atoms with E-state index in [1.807, 2.05) is 30.6 Å². The Bertz CT molecular complexity index is 602. The third-order valence-electron chi connectivity index (χ3n) is 3.90. The number of hydrogen-bond acceptors (Lipinski definition) is 4. The van der Waals surface area contributed by atoms with Crippen LogP contribution in [-0.4, -0.2) is 32.0 Å². The molecular formula is C16H22N4O. The Morgan fingerprint density at radius 3 is 2.62 bits per heavy atom. The van der Waals surface area contributed by atoms with Crippen molar-refractivity contribution in [3.05, 3.63) is 36.8 Å². The number of rotatable bonds is 3. The van der Waals surface area contributed by atoms with Crippen LogP contribution in [0, 0.1) is 0 Å². The van der Waals surface area contributed by atoms with E-state index in [4.69, 9.17) is 4.74 Å². The molecule has 0 bridgehead atoms. The van der Waals surface area contributed by atoms with Gasteiger partial charge in [0.2, 0.25) is 0 Å². The van der Waals surface area contributed by atoms with Crippen LogP contribution in [0.15, 0.2) is 36.8 Å². The fourth-order valence-electron chi connectivity index (χ4n) is 3.00. The molecule has 2 aromatic heterocycles. The SMILES string of the molecule is CC1(C)CC(Nc2ccc(-n3cccn3)nc2)C(C)(C)O1. The van der Waals surface area contributed by atoms with E-state index < -0.39 is 0 Å². The van der Waals surface area contributed by atoms with Gasteiger partial charge in [0, 0.05) is 12.4 Å². The highest BCUT2D eigenvalue weighted by Crippen LogP contribution is 2.38. The zero-order valence-corrected chi connectivity index (χ0v) is 13.0. The number of aromatic nitrogens is 3. The first-order valence-electron chi connectivity index (χ1n) is 7.29. The second kappa shape index (κ2) is 4.84. The van der Waals surface area contributed by atoms with Crippen molar-refractivity contribution in [1.82, 2.24) is 14.8 Å². The molecule has 2 aromatic rings. The summed E-state index contributed by atoms with van der Waals surface area (Å²) in [6.45, 7) is 8.53. The number of nitrogens with zero attached hydrogens (tertiary/aromatic N) is 3. The van der Waals surface area contributed by atoms with Crippen molar-refractivity contribution in [2.24, 2.45) is 0 Å². The van der Waals surface area contributed by atoms with E-state index >= 15 is 0 Å². The second-order valence-corrected chi connectivity index (χ2v) is 6.72. The smallest absolute Gasteiger partial charge is 0.153 e. The van der Waals surface area contributed by atoms with Gasteiger partial charge in [-0.25, -0.2) is 9.67 Å². The van der Waals surface area contributed by atoms with E-state index in [9.17, 15) is 0 Å². The van der Waals surface area contributed by atoms with Gasteiger partial charge in [-0.15, -0.1) is 0 Å². The Hall–Kier alpha value is -1.88. The van der Waals surface area contributed by atoms with E-state index in [0.29, 0.717) is 0 Å². The topological polar surface area (TPSA) is 52.0 Å². The van der Waals surface area contributed by atoms with Crippen LogP contribution >= 0.6 is 0 Å². The maximum atomic E-state index is 6.11. The van der Waals surface area contributed by atoms with Crippen LogP contribution in [0.5, 0.6) is 0 Å². The molecule has 1 N–H and O–H groups in total. The van der Waals surface area contributed by atoms with Crippen molar-refractivity contribution in [1.29, 1.82) is 0 Å². The standard InChI is InChI=1S/C16H22N4O/c1-15(2)10-13(16(3,4)21-15)19-12-6-7-14(17-11-12)20-9-5-8-18-20/h5-9,11,13,19H,10H2,1-4H3. The second-order valence-electron chi connectivity index (χ2n) is 6.72. The van der Waals surface area contributed by atoms with Crippen molar-refractivity contribution >= 4 is 5.69 Å². The van der Waals surface area contributed by atoms with Crippen molar-refractivity contribution in [2.75, 3.05) is 5.32 Å². The summed E-state index contributed by atoms with van der Waals surface area (Å²) < 4.78 is 7.85. The van der Waals surface area contributed by atoms with E-state index in [2.05, 4.69) is 43.1 Å². The highest BCUT2D eigenvalue weighted by Gasteiger charge is 2.45. The van der Waals surface area contributed by atoms with E-state index in [1.54, 1.807) is 10.9 Å². The Kier molecular flexibility index (Phi) is 3.24. The summed E-state index contributed by atoms with van der Waals surface area (Å²) >= 11 is 0. The highest BCUT2D eigenvalue weighted by atomic mass is 16.5. The van der Waals surface area contributed by atoms with Crippen LogP contribution in [0.25, 0.3) is 5.82 Å². The number of anilines is 1. The molecule has 1 fully saturated rings. The van der Waals surface area contributed by atoms with Crippen LogP contribution in [0.2, 0.25) is 0 Å². The third kappa shape index (κ3) is 2.93. The lowest BCUT2D eigenvalue weighted by atomic mass is 9.94. The molecule has 0 aliphatic carbocycles. The Morgan fingerprint density at radius 1 is 1.29 bits per heavy atom. The van der Waals surface area contributed by atoms with Crippen LogP contribution in [-0.2, 0) is 4.74 Å². The summed E-state index contributed by atoms with van der Waals surface area (Å²) in [5.74, 6) is 0.813. The number of nitrogens with one attached hydrogen (secondary N) is 1. The normalized spacial score (nSPS) is 23.1. The first-order chi connectivity index (χ1) is 9.86. The molecule has 1 unspecified atom stereocenters. The van der Waals surface area contributed by atoms with Gasteiger partial charge >= 0.3 is 0 Å². The minimum Gasteiger partial charge on any atom is -0.378 e. The van der Waals surface area contributed by atoms with Crippen LogP contribution in [0.3, 0.4) is 0 Å². The third-order valence-corrected chi connectivity index (χ3v) is 3.90. The predicted octanol–water partition coefficient (Wildman–Crippen LogP) is 3.03. The van der Waals surface area contributed by atoms with Gasteiger partial charge in [-0.05, 0) is 52.3 Å². The largest absolute Gasteiger partial charge is 0.378 e. The molecule has 5 nitrogen and oxygen atoms in total. The van der Waals surface area contributed by atoms with Gasteiger partial charge in [0.1, 0.15) is 0 Å². The van der Waals surface area contributed by atoms with Crippen molar-refractivity contribution in [3.63, 3.8) is 0 Å². The number of pyridine rings is 1. The van der Waals surface area contributed by atoms with Gasteiger partial charge < -0.3 is 10.1 Å². The maximum Gasteiger partial charge on any atom is 0.153 e. The molecule has 1 atom stereocenters. The lowest BCUT2D eigenvalue weighted by Gasteiger charge is -2.28. The van der Waals surface area contributed by atoms with E-state index in [0.717, 1.165) is 17.9 Å². The fourth-order valence-corrected chi connectivity index (χ4v) is 3.00. The monoisotopic (exact) mass is 286 g/mol. The number of hydrogen-bond donors (Lipinski definition) is 1. The van der Waals surface area contributed by atoms with Crippen LogP contribution < -0.4 is 5.32 Å². The van der Waals surface area contributed by atoms with E-state index in [1.165, 1.54) is 0 Å². The van der Waals surface area contributed by atoms with Crippen molar-refractivity contribution < 1.29 is 4.74 Å². The molecular weight excluding hydrogens is 264 g/mol. The molecule has 3 heterocycles. The summed E-state index contributed by atoms with van der Waals surface area (Å²) in [7, 11) is 0. The van der Waals surface area contributed by atoms with Gasteiger partial charge in [-0.1, -0.05) is 0 Å². The molecule has 1 saturated heterocycles. The molecule has 21 heavy (non-hydrogen) atoms. The van der Waals surface area contributed by atoms with Gasteiger partial charge in [0.25, 0.3) is 0 Å². The summed E-state index contributed by atoms with van der Waals surface area (Å²) in [5.41, 5.74) is 0.721.